The second kappa shape index (κ2) is 5.82. The van der Waals surface area contributed by atoms with E-state index in [9.17, 15) is 19.5 Å². The molecule has 1 aliphatic carbocycles. The average molecular weight is 291 g/mol. The number of urea groups is 1. The van der Waals surface area contributed by atoms with Gasteiger partial charge >= 0.3 is 12.0 Å². The zero-order valence-corrected chi connectivity index (χ0v) is 11.8. The minimum Gasteiger partial charge on any atom is -0.478 e. The lowest BCUT2D eigenvalue weighted by Crippen LogP contribution is -2.33. The molecule has 7 nitrogen and oxygen atoms in total. The number of rotatable bonds is 4. The van der Waals surface area contributed by atoms with Gasteiger partial charge in [0.25, 0.3) is 0 Å². The minimum absolute atomic E-state index is 0.0706. The SMILES string of the molecule is CC(=O)Nc1ccc(NC(=O)N(C)C2CC2)c(C(=O)O)c1. The fourth-order valence-corrected chi connectivity index (χ4v) is 1.94. The van der Waals surface area contributed by atoms with Crippen LogP contribution in [0.3, 0.4) is 0 Å². The van der Waals surface area contributed by atoms with Crippen LogP contribution in [0.2, 0.25) is 0 Å². The van der Waals surface area contributed by atoms with Gasteiger partial charge in [-0.1, -0.05) is 0 Å². The Balaban J connectivity index is 2.19. The van der Waals surface area contributed by atoms with E-state index in [0.29, 0.717) is 5.69 Å². The molecule has 2 rings (SSSR count). The number of hydrogen-bond acceptors (Lipinski definition) is 3. The highest BCUT2D eigenvalue weighted by molar-refractivity contribution is 6.01. The number of hydrogen-bond donors (Lipinski definition) is 3. The Morgan fingerprint density at radius 1 is 1.24 bits per heavy atom. The molecule has 0 radical (unpaired) electrons. The summed E-state index contributed by atoms with van der Waals surface area (Å²) < 4.78 is 0. The number of carbonyl (C=O) groups is 3. The van der Waals surface area contributed by atoms with Gasteiger partial charge in [-0.25, -0.2) is 9.59 Å². The summed E-state index contributed by atoms with van der Waals surface area (Å²) in [6.07, 6.45) is 1.94. The van der Waals surface area contributed by atoms with Gasteiger partial charge in [0.15, 0.2) is 0 Å². The van der Waals surface area contributed by atoms with Gasteiger partial charge in [0.1, 0.15) is 0 Å². The second-order valence-electron chi connectivity index (χ2n) is 5.02. The monoisotopic (exact) mass is 291 g/mol. The van der Waals surface area contributed by atoms with E-state index in [1.807, 2.05) is 0 Å². The van der Waals surface area contributed by atoms with Gasteiger partial charge in [-0.15, -0.1) is 0 Å². The van der Waals surface area contributed by atoms with Crippen LogP contribution in [0.25, 0.3) is 0 Å². The molecule has 1 aromatic rings. The quantitative estimate of drug-likeness (QED) is 0.789. The first-order chi connectivity index (χ1) is 9.88. The van der Waals surface area contributed by atoms with Gasteiger partial charge in [-0.05, 0) is 31.0 Å². The smallest absolute Gasteiger partial charge is 0.337 e. The molecule has 1 fully saturated rings. The van der Waals surface area contributed by atoms with E-state index in [4.69, 9.17) is 0 Å². The molecule has 3 N–H and O–H groups in total. The summed E-state index contributed by atoms with van der Waals surface area (Å²) in [7, 11) is 1.68. The molecule has 7 heteroatoms. The number of nitrogens with one attached hydrogen (secondary N) is 2. The number of nitrogens with zero attached hydrogens (tertiary/aromatic N) is 1. The van der Waals surface area contributed by atoms with Crippen LogP contribution in [-0.4, -0.2) is 41.0 Å². The summed E-state index contributed by atoms with van der Waals surface area (Å²) >= 11 is 0. The lowest BCUT2D eigenvalue weighted by molar-refractivity contribution is -0.114. The van der Waals surface area contributed by atoms with Gasteiger partial charge in [0.2, 0.25) is 5.91 Å². The molecule has 0 saturated heterocycles. The molecule has 0 bridgehead atoms. The summed E-state index contributed by atoms with van der Waals surface area (Å²) in [5, 5.41) is 14.3. The Hall–Kier alpha value is -2.57. The zero-order valence-electron chi connectivity index (χ0n) is 11.8. The van der Waals surface area contributed by atoms with Crippen LogP contribution in [0.4, 0.5) is 16.2 Å². The molecule has 3 amide bonds. The second-order valence-corrected chi connectivity index (χ2v) is 5.02. The number of amides is 3. The van der Waals surface area contributed by atoms with Crippen LogP contribution in [0.1, 0.15) is 30.1 Å². The fraction of sp³-hybridized carbons (Fsp3) is 0.357. The van der Waals surface area contributed by atoms with Crippen molar-refractivity contribution in [1.82, 2.24) is 4.90 Å². The third kappa shape index (κ3) is 3.71. The van der Waals surface area contributed by atoms with E-state index in [2.05, 4.69) is 10.6 Å². The Morgan fingerprint density at radius 3 is 2.43 bits per heavy atom. The maximum atomic E-state index is 12.0. The lowest BCUT2D eigenvalue weighted by atomic mass is 10.1. The Bertz CT molecular complexity index is 596. The van der Waals surface area contributed by atoms with Crippen LogP contribution >= 0.6 is 0 Å². The first-order valence-electron chi connectivity index (χ1n) is 6.57. The van der Waals surface area contributed by atoms with Crippen molar-refractivity contribution < 1.29 is 19.5 Å². The maximum Gasteiger partial charge on any atom is 0.337 e. The summed E-state index contributed by atoms with van der Waals surface area (Å²) in [5.74, 6) is -1.47. The standard InChI is InChI=1S/C14H17N3O4/c1-8(18)15-9-3-6-12(11(7-9)13(19)20)16-14(21)17(2)10-4-5-10/h3,6-7,10H,4-5H2,1-2H3,(H,15,18)(H,16,21)(H,19,20). The fourth-order valence-electron chi connectivity index (χ4n) is 1.94. The molecule has 0 spiro atoms. The number of carboxylic acids is 1. The Kier molecular flexibility index (Phi) is 4.11. The molecule has 1 saturated carbocycles. The van der Waals surface area contributed by atoms with E-state index < -0.39 is 5.97 Å². The largest absolute Gasteiger partial charge is 0.478 e. The third-order valence-corrected chi connectivity index (χ3v) is 3.23. The summed E-state index contributed by atoms with van der Waals surface area (Å²) in [5.41, 5.74) is 0.501. The van der Waals surface area contributed by atoms with Crippen molar-refractivity contribution in [2.45, 2.75) is 25.8 Å². The maximum absolute atomic E-state index is 12.0. The van der Waals surface area contributed by atoms with Crippen molar-refractivity contribution in [2.24, 2.45) is 0 Å². The van der Waals surface area contributed by atoms with Crippen molar-refractivity contribution in [2.75, 3.05) is 17.7 Å². The molecule has 0 aromatic heterocycles. The topological polar surface area (TPSA) is 98.7 Å². The first-order valence-corrected chi connectivity index (χ1v) is 6.57. The lowest BCUT2D eigenvalue weighted by Gasteiger charge is -2.18. The van der Waals surface area contributed by atoms with Crippen LogP contribution in [-0.2, 0) is 4.79 Å². The molecular weight excluding hydrogens is 274 g/mol. The summed E-state index contributed by atoms with van der Waals surface area (Å²) in [4.78, 5) is 35.8. The predicted molar refractivity (Wildman–Crippen MR) is 77.5 cm³/mol. The molecule has 0 heterocycles. The highest BCUT2D eigenvalue weighted by atomic mass is 16.4. The van der Waals surface area contributed by atoms with E-state index >= 15 is 0 Å². The third-order valence-electron chi connectivity index (χ3n) is 3.23. The summed E-state index contributed by atoms with van der Waals surface area (Å²) in [6.45, 7) is 1.33. The van der Waals surface area contributed by atoms with E-state index in [0.717, 1.165) is 12.8 Å². The number of aromatic carboxylic acids is 1. The number of benzene rings is 1. The molecule has 0 aliphatic heterocycles. The minimum atomic E-state index is -1.17. The van der Waals surface area contributed by atoms with Gasteiger partial charge < -0.3 is 20.6 Å². The van der Waals surface area contributed by atoms with Gasteiger partial charge in [-0.2, -0.15) is 0 Å². The number of anilines is 2. The molecule has 1 aliphatic rings. The van der Waals surface area contributed by atoms with Crippen LogP contribution in [0.15, 0.2) is 18.2 Å². The van der Waals surface area contributed by atoms with Gasteiger partial charge in [0, 0.05) is 25.7 Å². The molecule has 21 heavy (non-hydrogen) atoms. The van der Waals surface area contributed by atoms with E-state index in [-0.39, 0.29) is 29.2 Å². The molecular formula is C14H17N3O4. The van der Waals surface area contributed by atoms with E-state index in [1.165, 1.54) is 19.1 Å². The highest BCUT2D eigenvalue weighted by Crippen LogP contribution is 2.27. The van der Waals surface area contributed by atoms with Crippen molar-refractivity contribution in [3.8, 4) is 0 Å². The van der Waals surface area contributed by atoms with Crippen LogP contribution in [0.5, 0.6) is 0 Å². The number of carboxylic acid groups (broad SMARTS) is 1. The van der Waals surface area contributed by atoms with E-state index in [1.54, 1.807) is 18.0 Å². The average Bonchev–Trinajstić information content (AvgIpc) is 3.23. The van der Waals surface area contributed by atoms with Gasteiger partial charge in [-0.3, -0.25) is 4.79 Å². The predicted octanol–water partition coefficient (Wildman–Crippen LogP) is 1.97. The zero-order chi connectivity index (χ0) is 15.6. The number of carbonyl (C=O) groups excluding carboxylic acids is 2. The Morgan fingerprint density at radius 2 is 1.90 bits per heavy atom. The van der Waals surface area contributed by atoms with Crippen LogP contribution in [0, 0.1) is 0 Å². The van der Waals surface area contributed by atoms with Crippen LogP contribution < -0.4 is 10.6 Å². The van der Waals surface area contributed by atoms with Crippen molar-refractivity contribution in [1.29, 1.82) is 0 Å². The van der Waals surface area contributed by atoms with Crippen molar-refractivity contribution in [3.63, 3.8) is 0 Å². The highest BCUT2D eigenvalue weighted by Gasteiger charge is 2.30. The molecule has 0 atom stereocenters. The van der Waals surface area contributed by atoms with Crippen molar-refractivity contribution in [3.05, 3.63) is 23.8 Å². The van der Waals surface area contributed by atoms with Crippen molar-refractivity contribution >= 4 is 29.3 Å². The molecule has 1 aromatic carbocycles. The normalized spacial score (nSPS) is 13.4. The Labute approximate surface area is 121 Å². The molecule has 0 unspecified atom stereocenters. The van der Waals surface area contributed by atoms with Gasteiger partial charge in [0.05, 0.1) is 11.3 Å². The summed E-state index contributed by atoms with van der Waals surface area (Å²) in [6, 6.07) is 4.22. The first kappa shape index (κ1) is 14.8. The molecule has 112 valence electrons.